The molecule has 0 unspecified atom stereocenters. The molecule has 0 aliphatic rings. The average Bonchev–Trinajstić information content (AvgIpc) is 2.19. The first-order valence-electron chi connectivity index (χ1n) is 5.47. The van der Waals surface area contributed by atoms with Crippen LogP contribution in [0.2, 0.25) is 0 Å². The van der Waals surface area contributed by atoms with Crippen LogP contribution in [0.4, 0.5) is 0 Å². The van der Waals surface area contributed by atoms with Crippen LogP contribution in [0.25, 0.3) is 0 Å². The maximum atomic E-state index is 5.67. The van der Waals surface area contributed by atoms with Crippen molar-refractivity contribution in [3.05, 3.63) is 35.4 Å². The largest absolute Gasteiger partial charge is 0.346 e. The number of hydrogen-bond acceptors (Lipinski definition) is 2. The van der Waals surface area contributed by atoms with Gasteiger partial charge in [0.25, 0.3) is 0 Å². The van der Waals surface area contributed by atoms with Gasteiger partial charge in [-0.3, -0.25) is 0 Å². The number of aryl methyl sites for hydroxylation is 1. The van der Waals surface area contributed by atoms with Gasteiger partial charge in [-0.1, -0.05) is 29.8 Å². The van der Waals surface area contributed by atoms with Crippen molar-refractivity contribution in [1.29, 1.82) is 0 Å². The van der Waals surface area contributed by atoms with E-state index < -0.39 is 5.79 Å². The van der Waals surface area contributed by atoms with Gasteiger partial charge in [0.05, 0.1) is 0 Å². The quantitative estimate of drug-likeness (QED) is 0.692. The zero-order valence-corrected chi connectivity index (χ0v) is 10.0. The molecule has 0 N–H and O–H groups in total. The number of benzene rings is 1. The normalized spacial score (nSPS) is 11.7. The predicted octanol–water partition coefficient (Wildman–Crippen LogP) is 3.24. The van der Waals surface area contributed by atoms with Crippen molar-refractivity contribution >= 4 is 0 Å². The summed E-state index contributed by atoms with van der Waals surface area (Å²) in [5.74, 6) is -0.614. The molecule has 2 nitrogen and oxygen atoms in total. The van der Waals surface area contributed by atoms with Crippen molar-refractivity contribution in [3.8, 4) is 0 Å². The van der Waals surface area contributed by atoms with E-state index in [1.165, 1.54) is 5.56 Å². The highest BCUT2D eigenvalue weighted by atomic mass is 16.7. The zero-order chi connectivity index (χ0) is 11.3. The van der Waals surface area contributed by atoms with Crippen LogP contribution < -0.4 is 0 Å². The molecule has 2 heteroatoms. The Labute approximate surface area is 92.2 Å². The maximum Gasteiger partial charge on any atom is 0.191 e. The topological polar surface area (TPSA) is 18.5 Å². The third kappa shape index (κ3) is 3.05. The van der Waals surface area contributed by atoms with E-state index in [2.05, 4.69) is 31.2 Å². The van der Waals surface area contributed by atoms with Crippen LogP contribution in [-0.4, -0.2) is 13.2 Å². The number of rotatable bonds is 5. The fourth-order valence-corrected chi connectivity index (χ4v) is 1.62. The van der Waals surface area contributed by atoms with Gasteiger partial charge in [0.2, 0.25) is 0 Å². The second-order valence-electron chi connectivity index (χ2n) is 3.68. The minimum atomic E-state index is -0.614. The van der Waals surface area contributed by atoms with E-state index in [9.17, 15) is 0 Å². The molecule has 0 aliphatic carbocycles. The van der Waals surface area contributed by atoms with E-state index in [1.807, 2.05) is 20.8 Å². The van der Waals surface area contributed by atoms with Gasteiger partial charge in [0, 0.05) is 18.8 Å². The van der Waals surface area contributed by atoms with Crippen LogP contribution in [0.3, 0.4) is 0 Å². The number of ether oxygens (including phenoxy) is 2. The van der Waals surface area contributed by atoms with E-state index in [4.69, 9.17) is 9.47 Å². The molecule has 84 valence electrons. The van der Waals surface area contributed by atoms with Crippen LogP contribution in [0, 0.1) is 6.92 Å². The first kappa shape index (κ1) is 12.2. The summed E-state index contributed by atoms with van der Waals surface area (Å²) in [6.45, 7) is 9.28. The van der Waals surface area contributed by atoms with Gasteiger partial charge in [-0.25, -0.2) is 0 Å². The maximum absolute atomic E-state index is 5.67. The Bertz CT molecular complexity index is 284. The molecule has 0 aromatic heterocycles. The van der Waals surface area contributed by atoms with Crippen molar-refractivity contribution < 1.29 is 9.47 Å². The summed E-state index contributed by atoms with van der Waals surface area (Å²) >= 11 is 0. The minimum absolute atomic E-state index is 0.614. The summed E-state index contributed by atoms with van der Waals surface area (Å²) in [5.41, 5.74) is 2.31. The second-order valence-corrected chi connectivity index (χ2v) is 3.68. The monoisotopic (exact) mass is 208 g/mol. The molecule has 0 atom stereocenters. The molecule has 0 radical (unpaired) electrons. The smallest absolute Gasteiger partial charge is 0.191 e. The van der Waals surface area contributed by atoms with Crippen molar-refractivity contribution in [2.24, 2.45) is 0 Å². The summed E-state index contributed by atoms with van der Waals surface area (Å²) in [7, 11) is 0. The van der Waals surface area contributed by atoms with Crippen molar-refractivity contribution in [2.45, 2.75) is 33.5 Å². The summed E-state index contributed by atoms with van der Waals surface area (Å²) in [5, 5.41) is 0. The highest BCUT2D eigenvalue weighted by Crippen LogP contribution is 2.26. The lowest BCUT2D eigenvalue weighted by atomic mass is 10.1. The summed E-state index contributed by atoms with van der Waals surface area (Å²) < 4.78 is 11.3. The molecule has 1 rings (SSSR count). The van der Waals surface area contributed by atoms with E-state index >= 15 is 0 Å². The molecule has 0 bridgehead atoms. The molecule has 15 heavy (non-hydrogen) atoms. The molecule has 1 aromatic rings. The Morgan fingerprint density at radius 3 is 1.87 bits per heavy atom. The average molecular weight is 208 g/mol. The van der Waals surface area contributed by atoms with Crippen LogP contribution in [0.5, 0.6) is 0 Å². The molecular formula is C13H20O2. The molecule has 0 aliphatic heterocycles. The molecule has 0 saturated carbocycles. The van der Waals surface area contributed by atoms with Crippen LogP contribution in [0.15, 0.2) is 24.3 Å². The summed E-state index contributed by atoms with van der Waals surface area (Å²) in [6, 6.07) is 8.26. The van der Waals surface area contributed by atoms with Gasteiger partial charge in [-0.15, -0.1) is 0 Å². The van der Waals surface area contributed by atoms with Crippen molar-refractivity contribution in [2.75, 3.05) is 13.2 Å². The van der Waals surface area contributed by atoms with Gasteiger partial charge in [-0.05, 0) is 27.7 Å². The Morgan fingerprint density at radius 1 is 1.00 bits per heavy atom. The molecule has 0 heterocycles. The van der Waals surface area contributed by atoms with Gasteiger partial charge < -0.3 is 9.47 Å². The molecule has 0 amide bonds. The van der Waals surface area contributed by atoms with Crippen LogP contribution in [-0.2, 0) is 15.3 Å². The molecule has 0 fully saturated rings. The first-order valence-corrected chi connectivity index (χ1v) is 5.47. The van der Waals surface area contributed by atoms with E-state index in [1.54, 1.807) is 0 Å². The first-order chi connectivity index (χ1) is 7.12. The molecular weight excluding hydrogens is 188 g/mol. The van der Waals surface area contributed by atoms with Crippen molar-refractivity contribution in [1.82, 2.24) is 0 Å². The third-order valence-corrected chi connectivity index (χ3v) is 2.42. The number of hydrogen-bond donors (Lipinski definition) is 0. The van der Waals surface area contributed by atoms with Crippen LogP contribution in [0.1, 0.15) is 31.9 Å². The van der Waals surface area contributed by atoms with Gasteiger partial charge in [0.1, 0.15) is 0 Å². The molecule has 0 spiro atoms. The molecule has 1 aromatic carbocycles. The zero-order valence-electron chi connectivity index (χ0n) is 10.0. The second kappa shape index (κ2) is 5.29. The summed E-state index contributed by atoms with van der Waals surface area (Å²) in [6.07, 6.45) is 0. The SMILES string of the molecule is CCOC(C)(OCC)c1ccc(C)cc1. The Hall–Kier alpha value is -0.860. The predicted molar refractivity (Wildman–Crippen MR) is 61.8 cm³/mol. The van der Waals surface area contributed by atoms with Gasteiger partial charge >= 0.3 is 0 Å². The Kier molecular flexibility index (Phi) is 4.30. The van der Waals surface area contributed by atoms with E-state index in [-0.39, 0.29) is 0 Å². The van der Waals surface area contributed by atoms with Gasteiger partial charge in [-0.2, -0.15) is 0 Å². The van der Waals surface area contributed by atoms with E-state index in [0.717, 1.165) is 5.56 Å². The summed E-state index contributed by atoms with van der Waals surface area (Å²) in [4.78, 5) is 0. The Morgan fingerprint density at radius 2 is 1.47 bits per heavy atom. The Balaban J connectivity index is 2.92. The molecule has 0 saturated heterocycles. The third-order valence-electron chi connectivity index (χ3n) is 2.42. The lowest BCUT2D eigenvalue weighted by Crippen LogP contribution is -2.29. The highest BCUT2D eigenvalue weighted by Gasteiger charge is 2.27. The minimum Gasteiger partial charge on any atom is -0.346 e. The lowest BCUT2D eigenvalue weighted by molar-refractivity contribution is -0.229. The van der Waals surface area contributed by atoms with Crippen LogP contribution >= 0.6 is 0 Å². The van der Waals surface area contributed by atoms with Gasteiger partial charge in [0.15, 0.2) is 5.79 Å². The standard InChI is InChI=1S/C13H20O2/c1-5-14-13(4,15-6-2)12-9-7-11(3)8-10-12/h7-10H,5-6H2,1-4H3. The highest BCUT2D eigenvalue weighted by molar-refractivity contribution is 5.24. The lowest BCUT2D eigenvalue weighted by Gasteiger charge is -2.29. The fourth-order valence-electron chi connectivity index (χ4n) is 1.62. The van der Waals surface area contributed by atoms with Crippen molar-refractivity contribution in [3.63, 3.8) is 0 Å². The van der Waals surface area contributed by atoms with E-state index in [0.29, 0.717) is 13.2 Å². The fraction of sp³-hybridized carbons (Fsp3) is 0.538.